The first kappa shape index (κ1) is 17.3. The summed E-state index contributed by atoms with van der Waals surface area (Å²) in [5.41, 5.74) is 1.43. The minimum Gasteiger partial charge on any atom is -0.503 e. The van der Waals surface area contributed by atoms with Crippen molar-refractivity contribution in [1.29, 1.82) is 0 Å². The van der Waals surface area contributed by atoms with E-state index >= 15 is 0 Å². The molecule has 0 amide bonds. The van der Waals surface area contributed by atoms with Crippen LogP contribution in [0.3, 0.4) is 0 Å². The van der Waals surface area contributed by atoms with Crippen molar-refractivity contribution in [2.75, 3.05) is 7.11 Å². The number of pyridine rings is 1. The normalized spacial score (nSPS) is 10.5. The maximum absolute atomic E-state index is 11.7. The Kier molecular flexibility index (Phi) is 4.75. The van der Waals surface area contributed by atoms with Gasteiger partial charge < -0.3 is 19.5 Å². The lowest BCUT2D eigenvalue weighted by Crippen LogP contribution is -2.17. The van der Waals surface area contributed by atoms with Gasteiger partial charge in [-0.3, -0.25) is 4.79 Å². The fraction of sp³-hybridized carbons (Fsp3) is 0.100. The number of carbonyl (C=O) groups is 1. The Balaban J connectivity index is 2.04. The van der Waals surface area contributed by atoms with Crippen molar-refractivity contribution in [3.05, 3.63) is 82.3 Å². The van der Waals surface area contributed by atoms with E-state index in [-0.39, 0.29) is 0 Å². The predicted molar refractivity (Wildman–Crippen MR) is 96.9 cm³/mol. The lowest BCUT2D eigenvalue weighted by Gasteiger charge is -2.13. The molecule has 3 aromatic rings. The topological polar surface area (TPSA) is 88.8 Å². The van der Waals surface area contributed by atoms with E-state index in [2.05, 4.69) is 0 Å². The second kappa shape index (κ2) is 7.14. The van der Waals surface area contributed by atoms with Gasteiger partial charge in [-0.2, -0.15) is 0 Å². The molecular formula is C20H17NO5. The standard InChI is InChI=1S/C20H17NO5/c1-26-15-7-4-6-13(9-15)16-8-3-2-5-14(16)10-21-11-17(20(24)25)19(23)18(22)12-21/h2-9,11-12,22H,10H2,1H3,(H,24,25). The number of methoxy groups -OCH3 is 1. The number of aromatic carboxylic acids is 1. The third kappa shape index (κ3) is 3.44. The first-order valence-corrected chi connectivity index (χ1v) is 7.88. The van der Waals surface area contributed by atoms with Gasteiger partial charge >= 0.3 is 5.97 Å². The van der Waals surface area contributed by atoms with Crippen LogP contribution in [0.15, 0.2) is 65.7 Å². The molecule has 2 N–H and O–H groups in total. The van der Waals surface area contributed by atoms with Gasteiger partial charge in [-0.25, -0.2) is 4.79 Å². The van der Waals surface area contributed by atoms with E-state index in [0.717, 1.165) is 22.4 Å². The van der Waals surface area contributed by atoms with Crippen LogP contribution in [-0.4, -0.2) is 27.9 Å². The van der Waals surface area contributed by atoms with E-state index in [0.29, 0.717) is 6.54 Å². The molecular weight excluding hydrogens is 334 g/mol. The predicted octanol–water partition coefficient (Wildman–Crippen LogP) is 2.98. The molecule has 0 bridgehead atoms. The summed E-state index contributed by atoms with van der Waals surface area (Å²) in [5.74, 6) is -1.24. The van der Waals surface area contributed by atoms with E-state index in [4.69, 9.17) is 9.84 Å². The van der Waals surface area contributed by atoms with Crippen LogP contribution in [0.5, 0.6) is 11.5 Å². The first-order chi connectivity index (χ1) is 12.5. The number of carboxylic acid groups (broad SMARTS) is 1. The Labute approximate surface area is 149 Å². The molecule has 0 saturated heterocycles. The molecule has 0 fully saturated rings. The molecule has 0 spiro atoms. The second-order valence-corrected chi connectivity index (χ2v) is 5.75. The molecule has 6 nitrogen and oxygen atoms in total. The van der Waals surface area contributed by atoms with E-state index in [1.54, 1.807) is 7.11 Å². The highest BCUT2D eigenvalue weighted by Crippen LogP contribution is 2.27. The molecule has 6 heteroatoms. The highest BCUT2D eigenvalue weighted by molar-refractivity contribution is 5.87. The van der Waals surface area contributed by atoms with Crippen LogP contribution in [0.4, 0.5) is 0 Å². The summed E-state index contributed by atoms with van der Waals surface area (Å²) in [6, 6.07) is 15.2. The molecule has 1 heterocycles. The molecule has 1 aromatic heterocycles. The van der Waals surface area contributed by atoms with Crippen molar-refractivity contribution < 1.29 is 19.7 Å². The van der Waals surface area contributed by atoms with E-state index < -0.39 is 22.7 Å². The van der Waals surface area contributed by atoms with Crippen LogP contribution >= 0.6 is 0 Å². The van der Waals surface area contributed by atoms with Crippen LogP contribution in [0, 0.1) is 0 Å². The Bertz CT molecular complexity index is 1020. The van der Waals surface area contributed by atoms with E-state index in [9.17, 15) is 14.7 Å². The average molecular weight is 351 g/mol. The number of hydrogen-bond acceptors (Lipinski definition) is 4. The van der Waals surface area contributed by atoms with E-state index in [1.807, 2.05) is 48.5 Å². The molecule has 26 heavy (non-hydrogen) atoms. The lowest BCUT2D eigenvalue weighted by atomic mass is 9.99. The van der Waals surface area contributed by atoms with Crippen molar-refractivity contribution in [3.63, 3.8) is 0 Å². The maximum atomic E-state index is 11.7. The number of aromatic nitrogens is 1. The third-order valence-electron chi connectivity index (χ3n) is 4.04. The quantitative estimate of drug-likeness (QED) is 0.738. The number of rotatable bonds is 5. The summed E-state index contributed by atoms with van der Waals surface area (Å²) in [5, 5.41) is 18.9. The molecule has 0 atom stereocenters. The van der Waals surface area contributed by atoms with Crippen molar-refractivity contribution >= 4 is 5.97 Å². The summed E-state index contributed by atoms with van der Waals surface area (Å²) in [6.45, 7) is 0.293. The maximum Gasteiger partial charge on any atom is 0.341 e. The second-order valence-electron chi connectivity index (χ2n) is 5.75. The molecule has 132 valence electrons. The zero-order valence-electron chi connectivity index (χ0n) is 14.0. The Hall–Kier alpha value is -3.54. The molecule has 0 aliphatic heterocycles. The largest absolute Gasteiger partial charge is 0.503 e. The third-order valence-corrected chi connectivity index (χ3v) is 4.04. The van der Waals surface area contributed by atoms with Gasteiger partial charge in [0.15, 0.2) is 5.75 Å². The fourth-order valence-electron chi connectivity index (χ4n) is 2.79. The van der Waals surface area contributed by atoms with Gasteiger partial charge in [-0.1, -0.05) is 36.4 Å². The highest BCUT2D eigenvalue weighted by atomic mass is 16.5. The minimum absolute atomic E-state index is 0.293. The highest BCUT2D eigenvalue weighted by Gasteiger charge is 2.14. The Morgan fingerprint density at radius 2 is 1.88 bits per heavy atom. The van der Waals surface area contributed by atoms with E-state index in [1.165, 1.54) is 17.0 Å². The van der Waals surface area contributed by atoms with Gasteiger partial charge in [0.2, 0.25) is 5.43 Å². The number of carboxylic acids is 1. The minimum atomic E-state index is -1.37. The number of hydrogen-bond donors (Lipinski definition) is 2. The molecule has 0 unspecified atom stereocenters. The van der Waals surface area contributed by atoms with Gasteiger partial charge in [-0.05, 0) is 28.8 Å². The zero-order valence-corrected chi connectivity index (χ0v) is 14.0. The Morgan fingerprint density at radius 1 is 1.12 bits per heavy atom. The smallest absolute Gasteiger partial charge is 0.341 e. The summed E-state index contributed by atoms with van der Waals surface area (Å²) < 4.78 is 6.75. The van der Waals surface area contributed by atoms with Gasteiger partial charge in [0, 0.05) is 12.7 Å². The van der Waals surface area contributed by atoms with Gasteiger partial charge in [0.25, 0.3) is 0 Å². The van der Waals surface area contributed by atoms with Crippen LogP contribution < -0.4 is 10.2 Å². The first-order valence-electron chi connectivity index (χ1n) is 7.88. The molecule has 0 aliphatic carbocycles. The van der Waals surface area contributed by atoms with Crippen molar-refractivity contribution in [1.82, 2.24) is 4.57 Å². The summed E-state index contributed by atoms with van der Waals surface area (Å²) >= 11 is 0. The molecule has 0 saturated carbocycles. The van der Waals surface area contributed by atoms with Crippen LogP contribution in [0.25, 0.3) is 11.1 Å². The number of ether oxygens (including phenoxy) is 1. The van der Waals surface area contributed by atoms with Gasteiger partial charge in [-0.15, -0.1) is 0 Å². The number of aromatic hydroxyl groups is 1. The molecule has 2 aromatic carbocycles. The molecule has 3 rings (SSSR count). The summed E-state index contributed by atoms with van der Waals surface area (Å²) in [7, 11) is 1.60. The lowest BCUT2D eigenvalue weighted by molar-refractivity contribution is 0.0694. The zero-order chi connectivity index (χ0) is 18.7. The van der Waals surface area contributed by atoms with Crippen LogP contribution in [-0.2, 0) is 6.54 Å². The van der Waals surface area contributed by atoms with Gasteiger partial charge in [0.05, 0.1) is 13.3 Å². The SMILES string of the molecule is COc1cccc(-c2ccccc2Cn2cc(O)c(=O)c(C(=O)O)c2)c1. The average Bonchev–Trinajstić information content (AvgIpc) is 2.64. The fourth-order valence-corrected chi connectivity index (χ4v) is 2.79. The van der Waals surface area contributed by atoms with Crippen molar-refractivity contribution in [2.45, 2.75) is 6.54 Å². The van der Waals surface area contributed by atoms with Crippen LogP contribution in [0.2, 0.25) is 0 Å². The monoisotopic (exact) mass is 351 g/mol. The van der Waals surface area contributed by atoms with Crippen LogP contribution in [0.1, 0.15) is 15.9 Å². The van der Waals surface area contributed by atoms with Crippen molar-refractivity contribution in [3.8, 4) is 22.6 Å². The molecule has 0 aliphatic rings. The number of nitrogens with zero attached hydrogens (tertiary/aromatic N) is 1. The molecule has 0 radical (unpaired) electrons. The van der Waals surface area contributed by atoms with Gasteiger partial charge in [0.1, 0.15) is 11.3 Å². The Morgan fingerprint density at radius 3 is 2.62 bits per heavy atom. The summed E-state index contributed by atoms with van der Waals surface area (Å²) in [6.07, 6.45) is 2.46. The van der Waals surface area contributed by atoms with Crippen molar-refractivity contribution in [2.24, 2.45) is 0 Å². The number of benzene rings is 2. The summed E-state index contributed by atoms with van der Waals surface area (Å²) in [4.78, 5) is 22.9.